The molecular formula is C30H33ClN6O4S. The van der Waals surface area contributed by atoms with E-state index in [-0.39, 0.29) is 29.7 Å². The van der Waals surface area contributed by atoms with Gasteiger partial charge in [-0.3, -0.25) is 9.59 Å². The van der Waals surface area contributed by atoms with E-state index < -0.39 is 28.0 Å². The van der Waals surface area contributed by atoms with Crippen molar-refractivity contribution >= 4 is 44.2 Å². The summed E-state index contributed by atoms with van der Waals surface area (Å²) in [5.74, 6) is -0.691. The van der Waals surface area contributed by atoms with Crippen molar-refractivity contribution in [3.8, 4) is 5.69 Å². The van der Waals surface area contributed by atoms with Crippen molar-refractivity contribution in [3.63, 3.8) is 0 Å². The lowest BCUT2D eigenvalue weighted by molar-refractivity contribution is -0.140. The molecule has 2 N–H and O–H groups in total. The minimum Gasteiger partial charge on any atom is -0.350 e. The van der Waals surface area contributed by atoms with Crippen LogP contribution < -0.4 is 10.0 Å². The average Bonchev–Trinajstić information content (AvgIpc) is 3.68. The Hall–Kier alpha value is -3.80. The molecule has 220 valence electrons. The fourth-order valence-corrected chi connectivity index (χ4v) is 7.03. The molecule has 0 unspecified atom stereocenters. The molecule has 2 atom stereocenters. The zero-order valence-corrected chi connectivity index (χ0v) is 25.0. The number of aromatic nitrogens is 3. The van der Waals surface area contributed by atoms with Gasteiger partial charge in [0, 0.05) is 23.5 Å². The molecule has 1 aliphatic rings. The van der Waals surface area contributed by atoms with Crippen LogP contribution in [0.1, 0.15) is 38.7 Å². The van der Waals surface area contributed by atoms with E-state index in [1.54, 1.807) is 47.4 Å². The van der Waals surface area contributed by atoms with E-state index >= 15 is 0 Å². The molecule has 3 aromatic carbocycles. The normalized spacial score (nSPS) is 16.2. The molecule has 12 heteroatoms. The summed E-state index contributed by atoms with van der Waals surface area (Å²) in [6, 6.07) is 15.8. The predicted octanol–water partition coefficient (Wildman–Crippen LogP) is 4.07. The first-order chi connectivity index (χ1) is 20.1. The van der Waals surface area contributed by atoms with E-state index in [4.69, 9.17) is 11.6 Å². The quantitative estimate of drug-likeness (QED) is 0.279. The first kappa shape index (κ1) is 29.7. The molecule has 2 amide bonds. The Kier molecular flexibility index (Phi) is 8.91. The van der Waals surface area contributed by atoms with Crippen molar-refractivity contribution in [2.24, 2.45) is 5.92 Å². The highest BCUT2D eigenvalue weighted by Crippen LogP contribution is 2.26. The number of hydrogen-bond acceptors (Lipinski definition) is 6. The molecule has 0 aliphatic carbocycles. The number of sulfonamides is 1. The molecule has 5 rings (SSSR count). The van der Waals surface area contributed by atoms with Gasteiger partial charge in [-0.1, -0.05) is 61.8 Å². The molecule has 0 radical (unpaired) electrons. The number of hydrogen-bond donors (Lipinski definition) is 2. The van der Waals surface area contributed by atoms with E-state index in [1.165, 1.54) is 17.3 Å². The summed E-state index contributed by atoms with van der Waals surface area (Å²) < 4.78 is 31.5. The molecule has 0 saturated carbocycles. The first-order valence-electron chi connectivity index (χ1n) is 13.9. The highest BCUT2D eigenvalue weighted by atomic mass is 35.5. The molecule has 1 aromatic heterocycles. The fraction of sp³-hybridized carbons (Fsp3) is 0.333. The Balaban J connectivity index is 1.33. The third kappa shape index (κ3) is 6.48. The van der Waals surface area contributed by atoms with Gasteiger partial charge in [0.25, 0.3) is 0 Å². The number of halogens is 1. The van der Waals surface area contributed by atoms with Gasteiger partial charge < -0.3 is 10.2 Å². The molecule has 2 heterocycles. The summed E-state index contributed by atoms with van der Waals surface area (Å²) in [4.78, 5) is 32.9. The number of nitrogens with zero attached hydrogens (tertiary/aromatic N) is 4. The Morgan fingerprint density at radius 3 is 2.64 bits per heavy atom. The number of carbonyl (C=O) groups is 2. The Bertz CT molecular complexity index is 1690. The Labute approximate surface area is 250 Å². The second-order valence-corrected chi connectivity index (χ2v) is 12.9. The second-order valence-electron chi connectivity index (χ2n) is 10.8. The largest absolute Gasteiger partial charge is 0.350 e. The van der Waals surface area contributed by atoms with Crippen LogP contribution in [0.5, 0.6) is 0 Å². The number of carbonyl (C=O) groups excluding carboxylic acids is 2. The third-order valence-corrected chi connectivity index (χ3v) is 9.11. The van der Waals surface area contributed by atoms with Crippen LogP contribution in [0.2, 0.25) is 5.02 Å². The molecule has 1 fully saturated rings. The van der Waals surface area contributed by atoms with Crippen molar-refractivity contribution in [2.45, 2.75) is 56.6 Å². The predicted molar refractivity (Wildman–Crippen MR) is 160 cm³/mol. The Morgan fingerprint density at radius 1 is 1.10 bits per heavy atom. The van der Waals surface area contributed by atoms with Crippen LogP contribution in [-0.2, 0) is 26.2 Å². The first-order valence-corrected chi connectivity index (χ1v) is 15.7. The van der Waals surface area contributed by atoms with Crippen LogP contribution in [0.15, 0.2) is 78.2 Å². The van der Waals surface area contributed by atoms with Crippen LogP contribution in [-0.4, -0.2) is 58.5 Å². The molecule has 10 nitrogen and oxygen atoms in total. The number of rotatable bonds is 10. The van der Waals surface area contributed by atoms with Crippen molar-refractivity contribution in [1.29, 1.82) is 0 Å². The van der Waals surface area contributed by atoms with E-state index in [1.807, 2.05) is 32.0 Å². The van der Waals surface area contributed by atoms with Gasteiger partial charge >= 0.3 is 0 Å². The molecular weight excluding hydrogens is 576 g/mol. The van der Waals surface area contributed by atoms with Gasteiger partial charge in [0.05, 0.1) is 10.6 Å². The van der Waals surface area contributed by atoms with E-state index in [9.17, 15) is 18.0 Å². The number of fused-ring (bicyclic) bond motifs is 1. The molecule has 1 saturated heterocycles. The minimum absolute atomic E-state index is 0.0297. The number of amides is 2. The van der Waals surface area contributed by atoms with Gasteiger partial charge in [-0.2, -0.15) is 9.82 Å². The molecule has 42 heavy (non-hydrogen) atoms. The number of likely N-dealkylation sites (tertiary alicyclic amines) is 1. The van der Waals surface area contributed by atoms with Crippen LogP contribution in [0.4, 0.5) is 0 Å². The summed E-state index contributed by atoms with van der Waals surface area (Å²) >= 11 is 6.22. The zero-order chi connectivity index (χ0) is 29.9. The minimum atomic E-state index is -4.04. The monoisotopic (exact) mass is 608 g/mol. The summed E-state index contributed by atoms with van der Waals surface area (Å²) in [5, 5.41) is 8.98. The lowest BCUT2D eigenvalue weighted by Crippen LogP contribution is -2.53. The topological polar surface area (TPSA) is 126 Å². The van der Waals surface area contributed by atoms with E-state index in [0.717, 1.165) is 16.6 Å². The second kappa shape index (κ2) is 12.6. The third-order valence-electron chi connectivity index (χ3n) is 7.34. The van der Waals surface area contributed by atoms with Gasteiger partial charge in [0.1, 0.15) is 24.7 Å². The van der Waals surface area contributed by atoms with Crippen molar-refractivity contribution in [3.05, 3.63) is 83.9 Å². The van der Waals surface area contributed by atoms with Crippen molar-refractivity contribution in [1.82, 2.24) is 29.7 Å². The van der Waals surface area contributed by atoms with Gasteiger partial charge in [-0.25, -0.2) is 18.1 Å². The van der Waals surface area contributed by atoms with Crippen molar-refractivity contribution in [2.75, 3.05) is 6.54 Å². The van der Waals surface area contributed by atoms with Gasteiger partial charge in [-0.05, 0) is 60.4 Å². The number of benzene rings is 3. The maximum Gasteiger partial charge on any atom is 0.243 e. The zero-order valence-electron chi connectivity index (χ0n) is 23.4. The summed E-state index contributed by atoms with van der Waals surface area (Å²) in [6.07, 6.45) is 4.38. The SMILES string of the molecule is CC(C)C[C@H](NS(=O)(=O)c1cccc2ccccc12)C(=O)N1CCC[C@H]1C(=O)NCc1cc(Cl)ccc1-n1cncn1. The van der Waals surface area contributed by atoms with Crippen LogP contribution >= 0.6 is 11.6 Å². The highest BCUT2D eigenvalue weighted by molar-refractivity contribution is 7.89. The van der Waals surface area contributed by atoms with E-state index in [0.29, 0.717) is 29.8 Å². The van der Waals surface area contributed by atoms with Crippen LogP contribution in [0, 0.1) is 5.92 Å². The molecule has 1 aliphatic heterocycles. The Morgan fingerprint density at radius 2 is 1.88 bits per heavy atom. The lowest BCUT2D eigenvalue weighted by atomic mass is 10.0. The lowest BCUT2D eigenvalue weighted by Gasteiger charge is -2.29. The molecule has 0 bridgehead atoms. The van der Waals surface area contributed by atoms with Gasteiger partial charge in [-0.15, -0.1) is 0 Å². The highest BCUT2D eigenvalue weighted by Gasteiger charge is 2.39. The molecule has 0 spiro atoms. The molecule has 4 aromatic rings. The van der Waals surface area contributed by atoms with Crippen molar-refractivity contribution < 1.29 is 18.0 Å². The smallest absolute Gasteiger partial charge is 0.243 e. The maximum atomic E-state index is 13.9. The fourth-order valence-electron chi connectivity index (χ4n) is 5.41. The number of nitrogens with one attached hydrogen (secondary N) is 2. The average molecular weight is 609 g/mol. The summed E-state index contributed by atoms with van der Waals surface area (Å²) in [7, 11) is -4.04. The van der Waals surface area contributed by atoms with Crippen LogP contribution in [0.3, 0.4) is 0 Å². The van der Waals surface area contributed by atoms with Crippen LogP contribution in [0.25, 0.3) is 16.5 Å². The summed E-state index contributed by atoms with van der Waals surface area (Å²) in [6.45, 7) is 4.38. The van der Waals surface area contributed by atoms with E-state index in [2.05, 4.69) is 20.1 Å². The summed E-state index contributed by atoms with van der Waals surface area (Å²) in [5.41, 5.74) is 1.45. The van der Waals surface area contributed by atoms with Gasteiger partial charge in [0.2, 0.25) is 21.8 Å². The van der Waals surface area contributed by atoms with Gasteiger partial charge in [0.15, 0.2) is 0 Å². The standard InChI is InChI=1S/C30H33ClN6O4S/c1-20(2)15-25(35-42(40,41)28-11-5-8-21-7-3-4-9-24(21)28)30(39)36-14-6-10-27(36)29(38)33-17-22-16-23(31)12-13-26(22)37-19-32-18-34-37/h3-5,7-9,11-13,16,18-20,25,27,35H,6,10,14-15,17H2,1-2H3,(H,33,38)/t25-,27-/m0/s1. The maximum absolute atomic E-state index is 13.9.